The SMILES string of the molecule is CC[C@@H](SSC(C)C)C(C)C. The van der Waals surface area contributed by atoms with Crippen molar-refractivity contribution in [1.29, 1.82) is 0 Å². The first-order valence-electron chi connectivity index (χ1n) is 4.40. The van der Waals surface area contributed by atoms with Crippen LogP contribution in [0.15, 0.2) is 0 Å². The van der Waals surface area contributed by atoms with Gasteiger partial charge in [0, 0.05) is 10.5 Å². The molecule has 0 N–H and O–H groups in total. The zero-order valence-electron chi connectivity index (χ0n) is 8.26. The molecule has 11 heavy (non-hydrogen) atoms. The largest absolute Gasteiger partial charge is 0.0910 e. The average Bonchev–Trinajstić information content (AvgIpc) is 1.87. The molecular formula is C9H20S2. The van der Waals surface area contributed by atoms with Gasteiger partial charge in [-0.25, -0.2) is 0 Å². The highest BCUT2D eigenvalue weighted by molar-refractivity contribution is 8.77. The van der Waals surface area contributed by atoms with Crippen molar-refractivity contribution in [2.24, 2.45) is 5.92 Å². The molecule has 0 aromatic carbocycles. The van der Waals surface area contributed by atoms with E-state index in [0.29, 0.717) is 0 Å². The van der Waals surface area contributed by atoms with Gasteiger partial charge in [0.05, 0.1) is 0 Å². The fourth-order valence-corrected chi connectivity index (χ4v) is 3.73. The predicted molar refractivity (Wildman–Crippen MR) is 59.2 cm³/mol. The van der Waals surface area contributed by atoms with E-state index in [0.717, 1.165) is 16.4 Å². The first-order valence-corrected chi connectivity index (χ1v) is 6.67. The summed E-state index contributed by atoms with van der Waals surface area (Å²) in [4.78, 5) is 0. The van der Waals surface area contributed by atoms with Crippen molar-refractivity contribution in [3.8, 4) is 0 Å². The quantitative estimate of drug-likeness (QED) is 0.598. The predicted octanol–water partition coefficient (Wildman–Crippen LogP) is 4.21. The van der Waals surface area contributed by atoms with Crippen LogP contribution in [0.3, 0.4) is 0 Å². The molecule has 0 aromatic heterocycles. The van der Waals surface area contributed by atoms with Crippen molar-refractivity contribution >= 4 is 21.6 Å². The normalized spacial score (nSPS) is 14.5. The Morgan fingerprint density at radius 3 is 1.82 bits per heavy atom. The first-order chi connectivity index (χ1) is 5.07. The average molecular weight is 192 g/mol. The van der Waals surface area contributed by atoms with Crippen LogP contribution in [0.4, 0.5) is 0 Å². The first kappa shape index (κ1) is 11.7. The molecule has 0 bridgehead atoms. The molecule has 0 fully saturated rings. The molecule has 0 aromatic rings. The summed E-state index contributed by atoms with van der Waals surface area (Å²) in [6.45, 7) is 11.4. The Labute approximate surface area is 79.3 Å². The van der Waals surface area contributed by atoms with Crippen molar-refractivity contribution in [3.63, 3.8) is 0 Å². The van der Waals surface area contributed by atoms with E-state index in [1.165, 1.54) is 6.42 Å². The second-order valence-electron chi connectivity index (χ2n) is 3.43. The van der Waals surface area contributed by atoms with Gasteiger partial charge in [0.1, 0.15) is 0 Å². The van der Waals surface area contributed by atoms with Crippen LogP contribution in [0.5, 0.6) is 0 Å². The van der Waals surface area contributed by atoms with Crippen LogP contribution >= 0.6 is 21.6 Å². The molecule has 0 aliphatic heterocycles. The van der Waals surface area contributed by atoms with Gasteiger partial charge in [-0.2, -0.15) is 0 Å². The van der Waals surface area contributed by atoms with Gasteiger partial charge in [0.25, 0.3) is 0 Å². The summed E-state index contributed by atoms with van der Waals surface area (Å²) in [5, 5.41) is 1.59. The number of rotatable bonds is 5. The van der Waals surface area contributed by atoms with E-state index in [9.17, 15) is 0 Å². The van der Waals surface area contributed by atoms with Gasteiger partial charge in [0.2, 0.25) is 0 Å². The van der Waals surface area contributed by atoms with Crippen LogP contribution < -0.4 is 0 Å². The molecule has 0 spiro atoms. The summed E-state index contributed by atoms with van der Waals surface area (Å²) in [7, 11) is 4.06. The minimum atomic E-state index is 0.757. The van der Waals surface area contributed by atoms with Crippen molar-refractivity contribution in [3.05, 3.63) is 0 Å². The van der Waals surface area contributed by atoms with Crippen molar-refractivity contribution < 1.29 is 0 Å². The van der Waals surface area contributed by atoms with Crippen molar-refractivity contribution in [2.45, 2.75) is 51.5 Å². The molecule has 0 rings (SSSR count). The molecule has 68 valence electrons. The maximum Gasteiger partial charge on any atom is 0.0171 e. The van der Waals surface area contributed by atoms with Crippen LogP contribution in [0.2, 0.25) is 0 Å². The highest BCUT2D eigenvalue weighted by Gasteiger charge is 2.12. The van der Waals surface area contributed by atoms with Gasteiger partial charge >= 0.3 is 0 Å². The Morgan fingerprint density at radius 2 is 1.55 bits per heavy atom. The van der Waals surface area contributed by atoms with Crippen molar-refractivity contribution in [2.75, 3.05) is 0 Å². The highest BCUT2D eigenvalue weighted by Crippen LogP contribution is 2.35. The Morgan fingerprint density at radius 1 is 1.00 bits per heavy atom. The van der Waals surface area contributed by atoms with E-state index in [-0.39, 0.29) is 0 Å². The second-order valence-corrected chi connectivity index (χ2v) is 6.52. The van der Waals surface area contributed by atoms with Crippen molar-refractivity contribution in [1.82, 2.24) is 0 Å². The van der Waals surface area contributed by atoms with Crippen LogP contribution in [-0.2, 0) is 0 Å². The Balaban J connectivity index is 3.52. The second kappa shape index (κ2) is 6.24. The van der Waals surface area contributed by atoms with Crippen LogP contribution in [0, 0.1) is 5.92 Å². The van der Waals surface area contributed by atoms with Gasteiger partial charge in [0.15, 0.2) is 0 Å². The molecule has 1 atom stereocenters. The Kier molecular flexibility index (Phi) is 6.64. The lowest BCUT2D eigenvalue weighted by Crippen LogP contribution is -2.08. The maximum atomic E-state index is 2.31. The zero-order chi connectivity index (χ0) is 8.85. The molecule has 0 nitrogen and oxygen atoms in total. The van der Waals surface area contributed by atoms with E-state index in [4.69, 9.17) is 0 Å². The van der Waals surface area contributed by atoms with Gasteiger partial charge in [-0.05, 0) is 12.3 Å². The maximum absolute atomic E-state index is 2.31. The molecule has 0 saturated heterocycles. The smallest absolute Gasteiger partial charge is 0.0171 e. The van der Waals surface area contributed by atoms with E-state index >= 15 is 0 Å². The summed E-state index contributed by atoms with van der Waals surface area (Å²) in [6, 6.07) is 0. The topological polar surface area (TPSA) is 0 Å². The van der Waals surface area contributed by atoms with Gasteiger partial charge < -0.3 is 0 Å². The summed E-state index contributed by atoms with van der Waals surface area (Å²) in [6.07, 6.45) is 1.29. The van der Waals surface area contributed by atoms with Crippen LogP contribution in [0.25, 0.3) is 0 Å². The van der Waals surface area contributed by atoms with Gasteiger partial charge in [-0.15, -0.1) is 0 Å². The van der Waals surface area contributed by atoms with Crippen LogP contribution in [0.1, 0.15) is 41.0 Å². The monoisotopic (exact) mass is 192 g/mol. The molecule has 0 radical (unpaired) electrons. The standard InChI is InChI=1S/C9H20S2/c1-6-9(7(2)3)11-10-8(4)5/h7-9H,6H2,1-5H3/t9-/m1/s1. The highest BCUT2D eigenvalue weighted by atomic mass is 33.1. The summed E-state index contributed by atoms with van der Waals surface area (Å²) in [5.41, 5.74) is 0. The molecule has 0 aliphatic rings. The summed E-state index contributed by atoms with van der Waals surface area (Å²) < 4.78 is 0. The molecule has 0 aliphatic carbocycles. The van der Waals surface area contributed by atoms with Gasteiger partial charge in [-0.3, -0.25) is 0 Å². The van der Waals surface area contributed by atoms with E-state index in [1.807, 2.05) is 10.8 Å². The third-order valence-electron chi connectivity index (χ3n) is 1.52. The molecule has 0 heterocycles. The van der Waals surface area contributed by atoms with E-state index < -0.39 is 0 Å². The number of hydrogen-bond acceptors (Lipinski definition) is 2. The van der Waals surface area contributed by atoms with Crippen LogP contribution in [-0.4, -0.2) is 10.5 Å². The third kappa shape index (κ3) is 5.92. The Bertz CT molecular complexity index is 89.6. The molecule has 0 unspecified atom stereocenters. The third-order valence-corrected chi connectivity index (χ3v) is 5.37. The lowest BCUT2D eigenvalue weighted by Gasteiger charge is -2.18. The lowest BCUT2D eigenvalue weighted by molar-refractivity contribution is 0.596. The fraction of sp³-hybridized carbons (Fsp3) is 1.00. The summed E-state index contributed by atoms with van der Waals surface area (Å²) >= 11 is 0. The minimum absolute atomic E-state index is 0.757. The number of hydrogen-bond donors (Lipinski definition) is 0. The lowest BCUT2D eigenvalue weighted by atomic mass is 10.1. The molecule has 0 amide bonds. The van der Waals surface area contributed by atoms with Gasteiger partial charge in [-0.1, -0.05) is 56.2 Å². The fourth-order valence-electron chi connectivity index (χ4n) is 0.833. The minimum Gasteiger partial charge on any atom is -0.0910 e. The Hall–Kier alpha value is 0.700. The zero-order valence-corrected chi connectivity index (χ0v) is 9.89. The molecule has 2 heteroatoms. The van der Waals surface area contributed by atoms with E-state index in [2.05, 4.69) is 45.4 Å². The molecular weight excluding hydrogens is 172 g/mol. The van der Waals surface area contributed by atoms with E-state index in [1.54, 1.807) is 0 Å². The summed E-state index contributed by atoms with van der Waals surface area (Å²) in [5.74, 6) is 0.816. The molecule has 0 saturated carbocycles.